The number of anilines is 1. The molecule has 166 valence electrons. The van der Waals surface area contributed by atoms with Crippen molar-refractivity contribution in [2.75, 3.05) is 5.32 Å². The number of alkyl halides is 3. The zero-order valence-electron chi connectivity index (χ0n) is 15.8. The highest BCUT2D eigenvalue weighted by atomic mass is 35.5. The van der Waals surface area contributed by atoms with Gasteiger partial charge in [-0.2, -0.15) is 13.2 Å². The lowest BCUT2D eigenvalue weighted by Crippen LogP contribution is -2.34. The first kappa shape index (κ1) is 23.9. The molecule has 2 N–H and O–H groups in total. The zero-order chi connectivity index (χ0) is 23.5. The third-order valence-electron chi connectivity index (χ3n) is 4.02. The van der Waals surface area contributed by atoms with E-state index in [4.69, 9.17) is 23.2 Å². The van der Waals surface area contributed by atoms with E-state index in [-0.39, 0.29) is 21.3 Å². The molecule has 0 aliphatic rings. The van der Waals surface area contributed by atoms with Crippen molar-refractivity contribution in [3.05, 3.63) is 87.7 Å². The molecule has 0 atom stereocenters. The average molecular weight is 503 g/mol. The van der Waals surface area contributed by atoms with Gasteiger partial charge in [0.05, 0.1) is 26.9 Å². The van der Waals surface area contributed by atoms with Crippen LogP contribution in [0.15, 0.2) is 70.5 Å². The Hall–Kier alpha value is -2.75. The second kappa shape index (κ2) is 9.81. The molecule has 3 amide bonds. The number of hydrogen-bond donors (Lipinski definition) is 2. The van der Waals surface area contributed by atoms with Crippen molar-refractivity contribution in [1.29, 1.82) is 0 Å². The Bertz CT molecular complexity index is 1190. The number of carbonyl (C=O) groups excluding carboxylic acids is 2. The number of carbonyl (C=O) groups is 2. The van der Waals surface area contributed by atoms with E-state index < -0.39 is 29.5 Å². The fourth-order valence-electron chi connectivity index (χ4n) is 2.52. The molecule has 32 heavy (non-hydrogen) atoms. The Kier molecular flexibility index (Phi) is 7.33. The lowest BCUT2D eigenvalue weighted by molar-refractivity contribution is -0.137. The average Bonchev–Trinajstić information content (AvgIpc) is 2.71. The first-order chi connectivity index (χ1) is 15.0. The van der Waals surface area contributed by atoms with Gasteiger partial charge in [0.25, 0.3) is 5.91 Å². The minimum atomic E-state index is -4.53. The number of hydrogen-bond acceptors (Lipinski definition) is 3. The zero-order valence-corrected chi connectivity index (χ0v) is 18.1. The molecule has 0 spiro atoms. The van der Waals surface area contributed by atoms with Gasteiger partial charge < -0.3 is 5.32 Å². The van der Waals surface area contributed by atoms with E-state index in [1.165, 1.54) is 30.3 Å². The van der Waals surface area contributed by atoms with E-state index in [0.29, 0.717) is 9.79 Å². The Morgan fingerprint density at radius 2 is 1.62 bits per heavy atom. The number of rotatable bonds is 4. The van der Waals surface area contributed by atoms with Crippen molar-refractivity contribution in [3.63, 3.8) is 0 Å². The topological polar surface area (TPSA) is 58.2 Å². The van der Waals surface area contributed by atoms with Gasteiger partial charge >= 0.3 is 12.2 Å². The summed E-state index contributed by atoms with van der Waals surface area (Å²) in [5.41, 5.74) is -1.03. The molecule has 0 unspecified atom stereocenters. The summed E-state index contributed by atoms with van der Waals surface area (Å²) in [5.74, 6) is -1.59. The maximum Gasteiger partial charge on any atom is 0.416 e. The number of urea groups is 1. The molecule has 0 aliphatic heterocycles. The van der Waals surface area contributed by atoms with E-state index in [1.807, 2.05) is 5.32 Å². The lowest BCUT2D eigenvalue weighted by Gasteiger charge is -2.11. The molecule has 3 aromatic rings. The van der Waals surface area contributed by atoms with Gasteiger partial charge in [0.2, 0.25) is 0 Å². The van der Waals surface area contributed by atoms with Crippen molar-refractivity contribution in [2.45, 2.75) is 16.0 Å². The van der Waals surface area contributed by atoms with Crippen LogP contribution in [0.5, 0.6) is 0 Å². The van der Waals surface area contributed by atoms with Crippen molar-refractivity contribution in [2.24, 2.45) is 0 Å². The van der Waals surface area contributed by atoms with E-state index in [2.05, 4.69) is 5.32 Å². The molecule has 0 radical (unpaired) electrons. The van der Waals surface area contributed by atoms with Gasteiger partial charge in [0.15, 0.2) is 0 Å². The Morgan fingerprint density at radius 3 is 2.25 bits per heavy atom. The minimum absolute atomic E-state index is 0.0740. The summed E-state index contributed by atoms with van der Waals surface area (Å²) in [6.07, 6.45) is -4.53. The highest BCUT2D eigenvalue weighted by Gasteiger charge is 2.31. The second-order valence-corrected chi connectivity index (χ2v) is 8.20. The summed E-state index contributed by atoms with van der Waals surface area (Å²) in [6, 6.07) is 11.7. The smallest absolute Gasteiger partial charge is 0.305 e. The van der Waals surface area contributed by atoms with Crippen LogP contribution in [0.4, 0.5) is 28.0 Å². The standard InChI is InChI=1S/C21H12Cl2F4N2O2S/c22-14-4-2-1-3-13(14)19(30)29-20(31)28-17-7-6-12(10-16(17)24)32-18-8-5-11(9-15(18)23)21(25,26)27/h1-10H,(H2,28,29,30,31). The molecule has 4 nitrogen and oxygen atoms in total. The third-order valence-corrected chi connectivity index (χ3v) is 5.84. The molecule has 0 bridgehead atoms. The lowest BCUT2D eigenvalue weighted by atomic mass is 10.2. The summed E-state index contributed by atoms with van der Waals surface area (Å²) in [6.45, 7) is 0. The van der Waals surface area contributed by atoms with Crippen molar-refractivity contribution in [3.8, 4) is 0 Å². The van der Waals surface area contributed by atoms with Gasteiger partial charge in [0.1, 0.15) is 5.82 Å². The quantitative estimate of drug-likeness (QED) is 0.369. The number of imide groups is 1. The number of amides is 3. The summed E-state index contributed by atoms with van der Waals surface area (Å²) < 4.78 is 52.6. The molecule has 3 rings (SSSR count). The largest absolute Gasteiger partial charge is 0.416 e. The van der Waals surface area contributed by atoms with Gasteiger partial charge in [0, 0.05) is 9.79 Å². The fourth-order valence-corrected chi connectivity index (χ4v) is 3.88. The maximum atomic E-state index is 14.4. The Balaban J connectivity index is 1.67. The van der Waals surface area contributed by atoms with Crippen LogP contribution in [0.2, 0.25) is 10.0 Å². The van der Waals surface area contributed by atoms with E-state index in [9.17, 15) is 27.2 Å². The Labute approximate surface area is 193 Å². The number of benzene rings is 3. The van der Waals surface area contributed by atoms with E-state index >= 15 is 0 Å². The minimum Gasteiger partial charge on any atom is -0.305 e. The van der Waals surface area contributed by atoms with Gasteiger partial charge in [-0.1, -0.05) is 47.1 Å². The monoisotopic (exact) mass is 502 g/mol. The summed E-state index contributed by atoms with van der Waals surface area (Å²) in [7, 11) is 0. The third kappa shape index (κ3) is 5.93. The van der Waals surface area contributed by atoms with Crippen LogP contribution in [-0.4, -0.2) is 11.9 Å². The molecular weight excluding hydrogens is 491 g/mol. The van der Waals surface area contributed by atoms with Gasteiger partial charge in [-0.15, -0.1) is 0 Å². The van der Waals surface area contributed by atoms with Crippen LogP contribution in [-0.2, 0) is 6.18 Å². The molecule has 0 aromatic heterocycles. The molecule has 0 saturated heterocycles. The highest BCUT2D eigenvalue weighted by molar-refractivity contribution is 7.99. The van der Waals surface area contributed by atoms with Crippen LogP contribution < -0.4 is 10.6 Å². The van der Waals surface area contributed by atoms with Crippen molar-refractivity contribution in [1.82, 2.24) is 5.32 Å². The Morgan fingerprint density at radius 1 is 0.906 bits per heavy atom. The van der Waals surface area contributed by atoms with Crippen LogP contribution in [0.25, 0.3) is 0 Å². The molecule has 0 heterocycles. The van der Waals surface area contributed by atoms with E-state index in [0.717, 1.165) is 30.0 Å². The molecule has 0 saturated carbocycles. The molecule has 11 heteroatoms. The van der Waals surface area contributed by atoms with Gasteiger partial charge in [-0.3, -0.25) is 10.1 Å². The SMILES string of the molecule is O=C(NC(=O)c1ccccc1Cl)Nc1ccc(Sc2ccc(C(F)(F)F)cc2Cl)cc1F. The molecule has 0 aliphatic carbocycles. The van der Waals surface area contributed by atoms with Crippen molar-refractivity contribution >= 4 is 52.6 Å². The van der Waals surface area contributed by atoms with Crippen molar-refractivity contribution < 1.29 is 27.2 Å². The summed E-state index contributed by atoms with van der Waals surface area (Å²) >= 11 is 12.8. The van der Waals surface area contributed by atoms with Crippen LogP contribution >= 0.6 is 35.0 Å². The first-order valence-electron chi connectivity index (χ1n) is 8.75. The molecule has 3 aromatic carbocycles. The second-order valence-electron chi connectivity index (χ2n) is 6.27. The fraction of sp³-hybridized carbons (Fsp3) is 0.0476. The predicted molar refractivity (Wildman–Crippen MR) is 115 cm³/mol. The summed E-state index contributed by atoms with van der Waals surface area (Å²) in [4.78, 5) is 24.7. The molecular formula is C21H12Cl2F4N2O2S. The van der Waals surface area contributed by atoms with Crippen LogP contribution in [0.3, 0.4) is 0 Å². The maximum absolute atomic E-state index is 14.4. The number of halogens is 6. The summed E-state index contributed by atoms with van der Waals surface area (Å²) in [5, 5.41) is 4.26. The van der Waals surface area contributed by atoms with Gasteiger partial charge in [-0.05, 0) is 48.5 Å². The van der Waals surface area contributed by atoms with Crippen LogP contribution in [0.1, 0.15) is 15.9 Å². The number of nitrogens with one attached hydrogen (secondary N) is 2. The molecule has 0 fully saturated rings. The van der Waals surface area contributed by atoms with Gasteiger partial charge in [-0.25, -0.2) is 9.18 Å². The first-order valence-corrected chi connectivity index (χ1v) is 10.3. The van der Waals surface area contributed by atoms with Crippen LogP contribution in [0, 0.1) is 5.82 Å². The van der Waals surface area contributed by atoms with E-state index in [1.54, 1.807) is 12.1 Å². The predicted octanol–water partition coefficient (Wildman–Crippen LogP) is 7.26. The highest BCUT2D eigenvalue weighted by Crippen LogP contribution is 2.38. The normalized spacial score (nSPS) is 11.2.